The number of halogens is 3. The average Bonchev–Trinajstić information content (AvgIpc) is 3.29. The Morgan fingerprint density at radius 3 is 2.67 bits per heavy atom. The number of aromatic amines is 1. The van der Waals surface area contributed by atoms with E-state index in [1.807, 2.05) is 6.08 Å². The number of carbonyl (C=O) groups excluding carboxylic acids is 1. The molecule has 0 radical (unpaired) electrons. The lowest BCUT2D eigenvalue weighted by Crippen LogP contribution is -2.50. The minimum atomic E-state index is -4.57. The quantitative estimate of drug-likeness (QED) is 0.413. The predicted octanol–water partition coefficient (Wildman–Crippen LogP) is 4.93. The van der Waals surface area contributed by atoms with Crippen molar-refractivity contribution in [1.29, 1.82) is 0 Å². The van der Waals surface area contributed by atoms with Gasteiger partial charge in [0.25, 0.3) is 0 Å². The highest BCUT2D eigenvalue weighted by atomic mass is 32.2. The summed E-state index contributed by atoms with van der Waals surface area (Å²) < 4.78 is 67.3. The van der Waals surface area contributed by atoms with Crippen LogP contribution in [-0.2, 0) is 22.6 Å². The van der Waals surface area contributed by atoms with Gasteiger partial charge in [0.2, 0.25) is 10.0 Å². The molecule has 0 spiro atoms. The van der Waals surface area contributed by atoms with E-state index in [0.717, 1.165) is 29.0 Å². The summed E-state index contributed by atoms with van der Waals surface area (Å²) in [5.41, 5.74) is 0.167. The van der Waals surface area contributed by atoms with Crippen LogP contribution in [0.4, 0.5) is 13.2 Å². The van der Waals surface area contributed by atoms with Gasteiger partial charge in [-0.2, -0.15) is 22.6 Å². The molecule has 2 aliphatic rings. The molecule has 2 atom stereocenters. The largest absolute Gasteiger partial charge is 0.417 e. The van der Waals surface area contributed by atoms with E-state index in [1.54, 1.807) is 20.0 Å². The van der Waals surface area contributed by atoms with Crippen LogP contribution in [0.25, 0.3) is 6.08 Å². The van der Waals surface area contributed by atoms with Crippen molar-refractivity contribution in [3.8, 4) is 0 Å². The molecule has 1 N–H and O–H groups in total. The van der Waals surface area contributed by atoms with Crippen LogP contribution in [-0.4, -0.2) is 46.3 Å². The van der Waals surface area contributed by atoms with E-state index in [0.29, 0.717) is 19.0 Å². The zero-order chi connectivity index (χ0) is 26.3. The summed E-state index contributed by atoms with van der Waals surface area (Å²) in [4.78, 5) is 17.9. The second kappa shape index (κ2) is 9.44. The summed E-state index contributed by atoms with van der Waals surface area (Å²) in [5, 5.41) is 6.98. The number of Topliss-reactive ketones (excluding diaryl/α,β-unsaturated/α-hetero) is 1. The molecular formula is C25H27F3N4O3S. The molecule has 0 bridgehead atoms. The number of hydrogen-bond donors (Lipinski definition) is 1. The van der Waals surface area contributed by atoms with Gasteiger partial charge in [0.05, 0.1) is 27.8 Å². The first-order valence-corrected chi connectivity index (χ1v) is 13.0. The predicted molar refractivity (Wildman–Crippen MR) is 129 cm³/mol. The molecule has 36 heavy (non-hydrogen) atoms. The van der Waals surface area contributed by atoms with Gasteiger partial charge in [-0.05, 0) is 62.5 Å². The summed E-state index contributed by atoms with van der Waals surface area (Å²) in [6.07, 6.45) is 3.68. The lowest BCUT2D eigenvalue weighted by molar-refractivity contribution is -0.137. The molecule has 2 aromatic rings. The summed E-state index contributed by atoms with van der Waals surface area (Å²) in [6.45, 7) is 7.16. The molecule has 2 aromatic heterocycles. The highest BCUT2D eigenvalue weighted by Gasteiger charge is 2.51. The molecule has 11 heteroatoms. The number of rotatable bonds is 7. The minimum Gasteiger partial charge on any atom is -0.291 e. The zero-order valence-corrected chi connectivity index (χ0v) is 20.8. The smallest absolute Gasteiger partial charge is 0.291 e. The van der Waals surface area contributed by atoms with Crippen LogP contribution in [0, 0.1) is 5.41 Å². The lowest BCUT2D eigenvalue weighted by Gasteiger charge is -2.46. The summed E-state index contributed by atoms with van der Waals surface area (Å²) in [5.74, 6) is -0.428. The van der Waals surface area contributed by atoms with E-state index in [-0.39, 0.29) is 30.0 Å². The van der Waals surface area contributed by atoms with Crippen LogP contribution in [0.2, 0.25) is 0 Å². The Morgan fingerprint density at radius 1 is 1.33 bits per heavy atom. The standard InChI is InChI=1S/C25H27F3N4O3S/c1-4-20(5-2)36(34,35)32(6-3)19-9-7-17-11-22-16(14-30-31-22)12-24(17,13-19)23(33)21-10-8-18(15-29-21)25(26,27)28/h4-5,8,10-11,14-15,19H,1,6-7,9,12-13H2,2-3H3,(H,30,31)/b20-5+/t19-,24-/m0/s1. The van der Waals surface area contributed by atoms with Gasteiger partial charge in [0.1, 0.15) is 5.69 Å². The maximum atomic E-state index is 14.0. The fourth-order valence-corrected chi connectivity index (χ4v) is 7.01. The number of ketones is 1. The molecule has 1 fully saturated rings. The van der Waals surface area contributed by atoms with Gasteiger partial charge in [0, 0.05) is 18.8 Å². The van der Waals surface area contributed by atoms with Gasteiger partial charge in [-0.15, -0.1) is 0 Å². The number of nitrogens with one attached hydrogen (secondary N) is 1. The van der Waals surface area contributed by atoms with Crippen molar-refractivity contribution in [1.82, 2.24) is 19.5 Å². The first-order chi connectivity index (χ1) is 17.0. The Bertz CT molecular complexity index is 1340. The van der Waals surface area contributed by atoms with E-state index in [2.05, 4.69) is 21.8 Å². The van der Waals surface area contributed by atoms with Gasteiger partial charge in [-0.3, -0.25) is 14.9 Å². The summed E-state index contributed by atoms with van der Waals surface area (Å²) in [6, 6.07) is 1.44. The van der Waals surface area contributed by atoms with E-state index in [9.17, 15) is 26.4 Å². The highest BCUT2D eigenvalue weighted by Crippen LogP contribution is 2.51. The Hall–Kier alpha value is -3.05. The fourth-order valence-electron chi connectivity index (χ4n) is 5.32. The van der Waals surface area contributed by atoms with Crippen molar-refractivity contribution in [3.63, 3.8) is 0 Å². The molecule has 1 saturated carbocycles. The molecule has 0 aromatic carbocycles. The molecule has 4 rings (SSSR count). The molecule has 2 aliphatic carbocycles. The van der Waals surface area contributed by atoms with Crippen LogP contribution in [0.15, 0.2) is 53.7 Å². The second-order valence-electron chi connectivity index (χ2n) is 9.00. The van der Waals surface area contributed by atoms with E-state index in [4.69, 9.17) is 0 Å². The van der Waals surface area contributed by atoms with Crippen molar-refractivity contribution >= 4 is 21.9 Å². The molecule has 0 unspecified atom stereocenters. The van der Waals surface area contributed by atoms with Crippen molar-refractivity contribution in [3.05, 3.63) is 76.3 Å². The third-order valence-electron chi connectivity index (χ3n) is 7.08. The Kier molecular flexibility index (Phi) is 6.82. The Balaban J connectivity index is 1.78. The number of pyridine rings is 1. The van der Waals surface area contributed by atoms with E-state index >= 15 is 0 Å². The highest BCUT2D eigenvalue weighted by molar-refractivity contribution is 7.93. The molecule has 2 heterocycles. The van der Waals surface area contributed by atoms with Gasteiger partial charge < -0.3 is 0 Å². The summed E-state index contributed by atoms with van der Waals surface area (Å²) >= 11 is 0. The molecule has 7 nitrogen and oxygen atoms in total. The van der Waals surface area contributed by atoms with E-state index in [1.165, 1.54) is 16.5 Å². The normalized spacial score (nSPS) is 22.6. The second-order valence-corrected chi connectivity index (χ2v) is 10.9. The first-order valence-electron chi connectivity index (χ1n) is 11.6. The van der Waals surface area contributed by atoms with Gasteiger partial charge >= 0.3 is 6.18 Å². The lowest BCUT2D eigenvalue weighted by atomic mass is 9.60. The van der Waals surface area contributed by atoms with Gasteiger partial charge in [-0.25, -0.2) is 8.42 Å². The number of allylic oxidation sites excluding steroid dienone is 3. The van der Waals surface area contributed by atoms with Crippen molar-refractivity contribution in [2.24, 2.45) is 5.41 Å². The Morgan fingerprint density at radius 2 is 2.08 bits per heavy atom. The molecule has 0 amide bonds. The van der Waals surface area contributed by atoms with Crippen LogP contribution in [0.1, 0.15) is 60.4 Å². The number of hydrogen-bond acceptors (Lipinski definition) is 5. The van der Waals surface area contributed by atoms with Crippen molar-refractivity contribution in [2.75, 3.05) is 6.54 Å². The number of alkyl halides is 3. The number of carbonyl (C=O) groups is 1. The Labute approximate surface area is 207 Å². The third-order valence-corrected chi connectivity index (χ3v) is 9.25. The van der Waals surface area contributed by atoms with Gasteiger partial charge in [-0.1, -0.05) is 25.2 Å². The zero-order valence-electron chi connectivity index (χ0n) is 20.0. The monoisotopic (exact) mass is 520 g/mol. The number of nitrogens with zero attached hydrogens (tertiary/aromatic N) is 3. The van der Waals surface area contributed by atoms with Crippen LogP contribution < -0.4 is 0 Å². The number of sulfonamides is 1. The minimum absolute atomic E-state index is 0.0798. The maximum absolute atomic E-state index is 14.0. The molecular weight excluding hydrogens is 493 g/mol. The van der Waals surface area contributed by atoms with Crippen LogP contribution >= 0.6 is 0 Å². The fraction of sp³-hybridized carbons (Fsp3) is 0.400. The van der Waals surface area contributed by atoms with Crippen molar-refractivity contribution in [2.45, 2.75) is 51.7 Å². The molecule has 0 saturated heterocycles. The number of aromatic nitrogens is 3. The molecule has 0 aliphatic heterocycles. The van der Waals surface area contributed by atoms with Gasteiger partial charge in [0.15, 0.2) is 5.78 Å². The molecule has 192 valence electrons. The van der Waals surface area contributed by atoms with Crippen molar-refractivity contribution < 1.29 is 26.4 Å². The number of H-pyrrole nitrogens is 1. The SMILES string of the molecule is C=C/C(=C\C)S(=O)(=O)N(CC)[C@H]1CCC2=Cc3[nH]ncc3C[C@]2(C(=O)c2ccc(C(F)(F)F)cn2)C1. The van der Waals surface area contributed by atoms with Crippen LogP contribution in [0.5, 0.6) is 0 Å². The average molecular weight is 521 g/mol. The first kappa shape index (κ1) is 26.0. The maximum Gasteiger partial charge on any atom is 0.417 e. The topological polar surface area (TPSA) is 96.0 Å². The van der Waals surface area contributed by atoms with E-state index < -0.39 is 39.0 Å². The summed E-state index contributed by atoms with van der Waals surface area (Å²) in [7, 11) is -3.85. The number of fused-ring (bicyclic) bond motifs is 2. The van der Waals surface area contributed by atoms with Crippen LogP contribution in [0.3, 0.4) is 0 Å². The third kappa shape index (κ3) is 4.34.